The molecule has 1 atom stereocenters. The Morgan fingerprint density at radius 3 is 2.45 bits per heavy atom. The zero-order valence-electron chi connectivity index (χ0n) is 16.0. The van der Waals surface area contributed by atoms with Gasteiger partial charge in [-0.3, -0.25) is 9.59 Å². The fraction of sp³-hybridized carbons (Fsp3) is 0.286. The second-order valence-corrected chi connectivity index (χ2v) is 7.14. The van der Waals surface area contributed by atoms with E-state index in [1.165, 1.54) is 15.9 Å². The van der Waals surface area contributed by atoms with Crippen LogP contribution in [-0.4, -0.2) is 64.3 Å². The topological polar surface area (TPSA) is 64.2 Å². The average molecular weight is 396 g/mol. The molecule has 1 saturated heterocycles. The van der Waals surface area contributed by atoms with Crippen LogP contribution in [0.1, 0.15) is 27.8 Å². The number of carbonyl (C=O) groups is 3. The molecule has 2 aromatic rings. The van der Waals surface area contributed by atoms with Gasteiger partial charge in [-0.05, 0) is 11.6 Å². The van der Waals surface area contributed by atoms with Crippen molar-refractivity contribution in [2.45, 2.75) is 12.8 Å². The highest BCUT2D eigenvalue weighted by atomic mass is 19.1. The third kappa shape index (κ3) is 3.41. The number of piperazine rings is 1. The standard InChI is InChI=1S/C21H21FN4O3/c1-23-11-12-24(14-18(23)27)21(29)26-19(22)16-9-5-6-10-17(16)20(28)25(26)13-15-7-3-2-4-8-15/h2-10,19H,11-14H2,1H3. The second kappa shape index (κ2) is 7.54. The summed E-state index contributed by atoms with van der Waals surface area (Å²) < 4.78 is 15.5. The minimum absolute atomic E-state index is 0.0435. The Kier molecular flexibility index (Phi) is 4.92. The number of carbonyl (C=O) groups excluding carboxylic acids is 3. The van der Waals surface area contributed by atoms with Crippen LogP contribution in [0.25, 0.3) is 0 Å². The van der Waals surface area contributed by atoms with Crippen LogP contribution in [0.4, 0.5) is 9.18 Å². The van der Waals surface area contributed by atoms with Gasteiger partial charge in [0.15, 0.2) is 0 Å². The van der Waals surface area contributed by atoms with Crippen molar-refractivity contribution in [3.8, 4) is 0 Å². The van der Waals surface area contributed by atoms with Gasteiger partial charge in [0.1, 0.15) is 6.54 Å². The van der Waals surface area contributed by atoms with Crippen LogP contribution < -0.4 is 0 Å². The molecule has 4 rings (SSSR count). The summed E-state index contributed by atoms with van der Waals surface area (Å²) in [6.07, 6.45) is -1.82. The number of hydrogen-bond donors (Lipinski definition) is 0. The van der Waals surface area contributed by atoms with E-state index in [0.717, 1.165) is 15.6 Å². The molecule has 2 aromatic carbocycles. The highest BCUT2D eigenvalue weighted by Crippen LogP contribution is 2.35. The van der Waals surface area contributed by atoms with Gasteiger partial charge in [-0.2, -0.15) is 5.01 Å². The maximum atomic E-state index is 15.5. The predicted molar refractivity (Wildman–Crippen MR) is 103 cm³/mol. The Balaban J connectivity index is 1.70. The summed E-state index contributed by atoms with van der Waals surface area (Å²) in [5.41, 5.74) is 1.14. The Hall–Kier alpha value is -3.42. The number of hydrazine groups is 1. The van der Waals surface area contributed by atoms with Gasteiger partial charge in [0.05, 0.1) is 6.54 Å². The van der Waals surface area contributed by atoms with E-state index in [1.807, 2.05) is 30.3 Å². The quantitative estimate of drug-likeness (QED) is 0.733. The van der Waals surface area contributed by atoms with Crippen molar-refractivity contribution >= 4 is 17.8 Å². The van der Waals surface area contributed by atoms with E-state index in [-0.39, 0.29) is 36.7 Å². The molecule has 29 heavy (non-hydrogen) atoms. The third-order valence-electron chi connectivity index (χ3n) is 5.26. The molecule has 0 saturated carbocycles. The Labute approximate surface area is 167 Å². The van der Waals surface area contributed by atoms with Gasteiger partial charge >= 0.3 is 6.03 Å². The van der Waals surface area contributed by atoms with Crippen molar-refractivity contribution in [1.82, 2.24) is 19.8 Å². The van der Waals surface area contributed by atoms with Crippen LogP contribution in [0.3, 0.4) is 0 Å². The number of benzene rings is 2. The maximum absolute atomic E-state index is 15.5. The first kappa shape index (κ1) is 18.9. The average Bonchev–Trinajstić information content (AvgIpc) is 2.74. The zero-order chi connectivity index (χ0) is 20.5. The van der Waals surface area contributed by atoms with Gasteiger partial charge in [0, 0.05) is 31.3 Å². The maximum Gasteiger partial charge on any atom is 0.342 e. The molecule has 0 spiro atoms. The molecule has 2 heterocycles. The second-order valence-electron chi connectivity index (χ2n) is 7.14. The molecular weight excluding hydrogens is 375 g/mol. The Morgan fingerprint density at radius 1 is 1.03 bits per heavy atom. The molecule has 8 heteroatoms. The number of likely N-dealkylation sites (N-methyl/N-ethyl adjacent to an activating group) is 1. The largest absolute Gasteiger partial charge is 0.342 e. The first-order valence-electron chi connectivity index (χ1n) is 9.38. The lowest BCUT2D eigenvalue weighted by atomic mass is 10.0. The normalized spacial score (nSPS) is 19.4. The van der Waals surface area contributed by atoms with Gasteiger partial charge in [0.25, 0.3) is 5.91 Å². The van der Waals surface area contributed by atoms with Crippen molar-refractivity contribution in [3.63, 3.8) is 0 Å². The van der Waals surface area contributed by atoms with Gasteiger partial charge < -0.3 is 9.80 Å². The van der Waals surface area contributed by atoms with Crippen molar-refractivity contribution in [2.75, 3.05) is 26.7 Å². The van der Waals surface area contributed by atoms with Crippen LogP contribution in [0.15, 0.2) is 54.6 Å². The summed E-state index contributed by atoms with van der Waals surface area (Å²) in [6, 6.07) is 14.8. The van der Waals surface area contributed by atoms with Crippen LogP contribution in [0.5, 0.6) is 0 Å². The lowest BCUT2D eigenvalue weighted by Gasteiger charge is -2.44. The van der Waals surface area contributed by atoms with E-state index in [0.29, 0.717) is 6.54 Å². The number of amides is 4. The van der Waals surface area contributed by atoms with Crippen LogP contribution in [0, 0.1) is 0 Å². The summed E-state index contributed by atoms with van der Waals surface area (Å²) in [4.78, 5) is 41.2. The summed E-state index contributed by atoms with van der Waals surface area (Å²) >= 11 is 0. The molecule has 0 bridgehead atoms. The summed E-state index contributed by atoms with van der Waals surface area (Å²) in [7, 11) is 1.66. The summed E-state index contributed by atoms with van der Waals surface area (Å²) in [5.74, 6) is -0.675. The van der Waals surface area contributed by atoms with Crippen molar-refractivity contribution in [2.24, 2.45) is 0 Å². The molecule has 0 N–H and O–H groups in total. The number of urea groups is 1. The molecule has 1 unspecified atom stereocenters. The van der Waals surface area contributed by atoms with Crippen LogP contribution in [0.2, 0.25) is 0 Å². The first-order valence-corrected chi connectivity index (χ1v) is 9.38. The van der Waals surface area contributed by atoms with E-state index in [9.17, 15) is 14.4 Å². The molecule has 7 nitrogen and oxygen atoms in total. The monoisotopic (exact) mass is 396 g/mol. The van der Waals surface area contributed by atoms with Gasteiger partial charge in [-0.1, -0.05) is 48.5 Å². The zero-order valence-corrected chi connectivity index (χ0v) is 16.0. The molecule has 0 aliphatic carbocycles. The predicted octanol–water partition coefficient (Wildman–Crippen LogP) is 2.42. The number of halogens is 1. The van der Waals surface area contributed by atoms with E-state index < -0.39 is 18.2 Å². The summed E-state index contributed by atoms with van der Waals surface area (Å²) in [6.45, 7) is 0.535. The number of rotatable bonds is 2. The fourth-order valence-corrected chi connectivity index (χ4v) is 3.56. The van der Waals surface area contributed by atoms with Crippen molar-refractivity contribution < 1.29 is 18.8 Å². The van der Waals surface area contributed by atoms with Gasteiger partial charge in [-0.25, -0.2) is 14.2 Å². The van der Waals surface area contributed by atoms with Crippen LogP contribution in [-0.2, 0) is 11.3 Å². The molecule has 2 aliphatic heterocycles. The molecule has 2 aliphatic rings. The van der Waals surface area contributed by atoms with E-state index in [2.05, 4.69) is 0 Å². The number of nitrogens with zero attached hydrogens (tertiary/aromatic N) is 4. The molecule has 0 aromatic heterocycles. The highest BCUT2D eigenvalue weighted by Gasteiger charge is 2.43. The van der Waals surface area contributed by atoms with E-state index in [4.69, 9.17) is 0 Å². The Morgan fingerprint density at radius 2 is 1.72 bits per heavy atom. The van der Waals surface area contributed by atoms with Gasteiger partial charge in [0.2, 0.25) is 12.2 Å². The van der Waals surface area contributed by atoms with Crippen molar-refractivity contribution in [1.29, 1.82) is 0 Å². The minimum atomic E-state index is -1.82. The Bertz CT molecular complexity index is 952. The molecular formula is C21H21FN4O3. The number of alkyl halides is 1. The van der Waals surface area contributed by atoms with E-state index in [1.54, 1.807) is 25.2 Å². The molecule has 0 radical (unpaired) electrons. The highest BCUT2D eigenvalue weighted by molar-refractivity contribution is 5.98. The summed E-state index contributed by atoms with van der Waals surface area (Å²) in [5, 5.41) is 1.98. The van der Waals surface area contributed by atoms with Crippen molar-refractivity contribution in [3.05, 3.63) is 71.3 Å². The lowest BCUT2D eigenvalue weighted by Crippen LogP contribution is -2.60. The third-order valence-corrected chi connectivity index (χ3v) is 5.26. The van der Waals surface area contributed by atoms with E-state index >= 15 is 4.39 Å². The fourth-order valence-electron chi connectivity index (χ4n) is 3.56. The molecule has 150 valence electrons. The molecule has 4 amide bonds. The van der Waals surface area contributed by atoms with Gasteiger partial charge in [-0.15, -0.1) is 0 Å². The molecule has 1 fully saturated rings. The number of fused-ring (bicyclic) bond motifs is 1. The smallest absolute Gasteiger partial charge is 0.342 e. The van der Waals surface area contributed by atoms with Crippen LogP contribution >= 0.6 is 0 Å². The SMILES string of the molecule is CN1CCN(C(=O)N2C(F)c3ccccc3C(=O)N2Cc2ccccc2)CC1=O. The lowest BCUT2D eigenvalue weighted by molar-refractivity contribution is -0.134. The number of hydrogen-bond acceptors (Lipinski definition) is 3. The first-order chi connectivity index (χ1) is 14.0. The minimum Gasteiger partial charge on any atom is -0.342 e.